The number of hydrogen-bond donors (Lipinski definition) is 1. The van der Waals surface area contributed by atoms with E-state index in [4.69, 9.17) is 14.6 Å². The van der Waals surface area contributed by atoms with E-state index in [9.17, 15) is 4.79 Å². The van der Waals surface area contributed by atoms with E-state index >= 15 is 0 Å². The molecule has 0 aliphatic rings. The van der Waals surface area contributed by atoms with Crippen LogP contribution in [0.3, 0.4) is 0 Å². The lowest BCUT2D eigenvalue weighted by Crippen LogP contribution is -2.01. The number of carboxylic acids is 1. The van der Waals surface area contributed by atoms with Gasteiger partial charge in [-0.05, 0) is 35.9 Å². The number of nitrogens with zero attached hydrogens (tertiary/aromatic N) is 1. The average Bonchev–Trinajstić information content (AvgIpc) is 2.45. The van der Waals surface area contributed by atoms with Crippen molar-refractivity contribution < 1.29 is 19.4 Å². The molecule has 0 bridgehead atoms. The zero-order chi connectivity index (χ0) is 13.7. The Bertz CT molecular complexity index is 569. The maximum Gasteiger partial charge on any atom is 0.335 e. The molecule has 0 atom stereocenters. The smallest absolute Gasteiger partial charge is 0.335 e. The second kappa shape index (κ2) is 5.86. The van der Waals surface area contributed by atoms with Crippen molar-refractivity contribution in [1.82, 2.24) is 4.98 Å². The highest BCUT2D eigenvalue weighted by atomic mass is 16.5. The fraction of sp³-hybridized carbons (Fsp3) is 0.143. The summed E-state index contributed by atoms with van der Waals surface area (Å²) in [5, 5.41) is 8.95. The van der Waals surface area contributed by atoms with Crippen LogP contribution in [0.1, 0.15) is 15.9 Å². The maximum absolute atomic E-state index is 10.9. The third kappa shape index (κ3) is 3.22. The molecule has 1 heterocycles. The Kier molecular flexibility index (Phi) is 3.97. The zero-order valence-electron chi connectivity index (χ0n) is 10.4. The summed E-state index contributed by atoms with van der Waals surface area (Å²) < 4.78 is 10.7. The van der Waals surface area contributed by atoms with E-state index < -0.39 is 5.97 Å². The minimum absolute atomic E-state index is 0.158. The molecule has 0 radical (unpaired) electrons. The molecule has 1 aromatic heterocycles. The number of carboxylic acid groups (broad SMARTS) is 1. The summed E-state index contributed by atoms with van der Waals surface area (Å²) in [5.74, 6) is -0.102. The molecule has 0 spiro atoms. The molecule has 0 unspecified atom stereocenters. The van der Waals surface area contributed by atoms with E-state index in [1.807, 2.05) is 12.1 Å². The van der Waals surface area contributed by atoms with Crippen LogP contribution in [0.2, 0.25) is 0 Å². The first-order valence-electron chi connectivity index (χ1n) is 5.63. The van der Waals surface area contributed by atoms with Gasteiger partial charge in [0.25, 0.3) is 0 Å². The summed E-state index contributed by atoms with van der Waals surface area (Å²) in [6, 6.07) is 8.15. The molecule has 0 aliphatic carbocycles. The molecule has 5 nitrogen and oxygen atoms in total. The quantitative estimate of drug-likeness (QED) is 0.892. The fourth-order valence-electron chi connectivity index (χ4n) is 1.56. The lowest BCUT2D eigenvalue weighted by molar-refractivity contribution is 0.0696. The van der Waals surface area contributed by atoms with Crippen molar-refractivity contribution >= 4 is 5.97 Å². The second-order valence-corrected chi connectivity index (χ2v) is 3.81. The fourth-order valence-corrected chi connectivity index (χ4v) is 1.56. The van der Waals surface area contributed by atoms with Crippen LogP contribution in [-0.2, 0) is 6.61 Å². The lowest BCUT2D eigenvalue weighted by atomic mass is 10.2. The van der Waals surface area contributed by atoms with Crippen molar-refractivity contribution in [3.8, 4) is 11.5 Å². The van der Waals surface area contributed by atoms with Gasteiger partial charge < -0.3 is 14.6 Å². The first kappa shape index (κ1) is 12.9. The van der Waals surface area contributed by atoms with E-state index in [-0.39, 0.29) is 5.56 Å². The number of aromatic nitrogens is 1. The van der Waals surface area contributed by atoms with Crippen LogP contribution in [0.25, 0.3) is 0 Å². The molecule has 0 saturated carbocycles. The largest absolute Gasteiger partial charge is 0.493 e. The van der Waals surface area contributed by atoms with Gasteiger partial charge in [0.1, 0.15) is 6.61 Å². The normalized spacial score (nSPS) is 9.95. The van der Waals surface area contributed by atoms with Gasteiger partial charge in [0.15, 0.2) is 11.5 Å². The number of aromatic carboxylic acids is 1. The van der Waals surface area contributed by atoms with Gasteiger partial charge in [-0.3, -0.25) is 4.98 Å². The number of methoxy groups -OCH3 is 1. The number of benzene rings is 1. The SMILES string of the molecule is COc1ccc(C(=O)O)cc1OCc1ccncc1. The predicted molar refractivity (Wildman–Crippen MR) is 68.5 cm³/mol. The van der Waals surface area contributed by atoms with Crippen molar-refractivity contribution in [3.05, 3.63) is 53.9 Å². The molecule has 2 rings (SSSR count). The Morgan fingerprint density at radius 3 is 2.58 bits per heavy atom. The van der Waals surface area contributed by atoms with Gasteiger partial charge in [-0.1, -0.05) is 0 Å². The molecular weight excluding hydrogens is 246 g/mol. The number of ether oxygens (including phenoxy) is 2. The van der Waals surface area contributed by atoms with Gasteiger partial charge in [0.2, 0.25) is 0 Å². The van der Waals surface area contributed by atoms with Crippen LogP contribution in [0.15, 0.2) is 42.7 Å². The van der Waals surface area contributed by atoms with Crippen molar-refractivity contribution in [3.63, 3.8) is 0 Å². The van der Waals surface area contributed by atoms with Crippen LogP contribution in [0, 0.1) is 0 Å². The van der Waals surface area contributed by atoms with E-state index in [2.05, 4.69) is 4.98 Å². The minimum atomic E-state index is -1.00. The highest BCUT2D eigenvalue weighted by Crippen LogP contribution is 2.28. The van der Waals surface area contributed by atoms with Gasteiger partial charge in [0, 0.05) is 12.4 Å². The Labute approximate surface area is 110 Å². The highest BCUT2D eigenvalue weighted by molar-refractivity contribution is 5.88. The summed E-state index contributed by atoms with van der Waals surface area (Å²) in [5.41, 5.74) is 1.10. The van der Waals surface area contributed by atoms with Crippen LogP contribution in [0.5, 0.6) is 11.5 Å². The molecule has 1 aromatic carbocycles. The standard InChI is InChI=1S/C14H13NO4/c1-18-12-3-2-11(14(16)17)8-13(12)19-9-10-4-6-15-7-5-10/h2-8H,9H2,1H3,(H,16,17). The third-order valence-electron chi connectivity index (χ3n) is 2.55. The van der Waals surface area contributed by atoms with E-state index in [1.165, 1.54) is 19.2 Å². The van der Waals surface area contributed by atoms with E-state index in [0.717, 1.165) is 5.56 Å². The minimum Gasteiger partial charge on any atom is -0.493 e. The van der Waals surface area contributed by atoms with Crippen LogP contribution >= 0.6 is 0 Å². The van der Waals surface area contributed by atoms with Crippen LogP contribution in [0.4, 0.5) is 0 Å². The summed E-state index contributed by atoms with van der Waals surface area (Å²) in [4.78, 5) is 14.8. The molecular formula is C14H13NO4. The number of pyridine rings is 1. The Morgan fingerprint density at radius 2 is 1.95 bits per heavy atom. The van der Waals surface area contributed by atoms with Crippen LogP contribution < -0.4 is 9.47 Å². The highest BCUT2D eigenvalue weighted by Gasteiger charge is 2.10. The van der Waals surface area contributed by atoms with Crippen LogP contribution in [-0.4, -0.2) is 23.2 Å². The van der Waals surface area contributed by atoms with E-state index in [0.29, 0.717) is 18.1 Å². The topological polar surface area (TPSA) is 68.7 Å². The van der Waals surface area contributed by atoms with Crippen molar-refractivity contribution in [1.29, 1.82) is 0 Å². The lowest BCUT2D eigenvalue weighted by Gasteiger charge is -2.11. The van der Waals surface area contributed by atoms with Gasteiger partial charge in [0.05, 0.1) is 12.7 Å². The van der Waals surface area contributed by atoms with Gasteiger partial charge in [-0.15, -0.1) is 0 Å². The van der Waals surface area contributed by atoms with Crippen molar-refractivity contribution in [2.45, 2.75) is 6.61 Å². The van der Waals surface area contributed by atoms with Gasteiger partial charge in [-0.2, -0.15) is 0 Å². The molecule has 98 valence electrons. The Morgan fingerprint density at radius 1 is 1.21 bits per heavy atom. The first-order chi connectivity index (χ1) is 9.20. The van der Waals surface area contributed by atoms with Crippen molar-refractivity contribution in [2.24, 2.45) is 0 Å². The van der Waals surface area contributed by atoms with E-state index in [1.54, 1.807) is 18.5 Å². The third-order valence-corrected chi connectivity index (χ3v) is 2.55. The molecule has 0 saturated heterocycles. The summed E-state index contributed by atoms with van der Waals surface area (Å²) in [7, 11) is 1.51. The molecule has 2 aromatic rings. The monoisotopic (exact) mass is 259 g/mol. The second-order valence-electron chi connectivity index (χ2n) is 3.81. The molecule has 5 heteroatoms. The summed E-state index contributed by atoms with van der Waals surface area (Å²) >= 11 is 0. The maximum atomic E-state index is 10.9. The van der Waals surface area contributed by atoms with Gasteiger partial charge >= 0.3 is 5.97 Å². The zero-order valence-corrected chi connectivity index (χ0v) is 10.4. The number of hydrogen-bond acceptors (Lipinski definition) is 4. The first-order valence-corrected chi connectivity index (χ1v) is 5.63. The Hall–Kier alpha value is -2.56. The Balaban J connectivity index is 2.18. The molecule has 1 N–H and O–H groups in total. The number of rotatable bonds is 5. The number of carbonyl (C=O) groups is 1. The summed E-state index contributed by atoms with van der Waals surface area (Å²) in [6.45, 7) is 0.321. The molecule has 0 fully saturated rings. The summed E-state index contributed by atoms with van der Waals surface area (Å²) in [6.07, 6.45) is 3.34. The van der Waals surface area contributed by atoms with Gasteiger partial charge in [-0.25, -0.2) is 4.79 Å². The predicted octanol–water partition coefficient (Wildman–Crippen LogP) is 2.37. The van der Waals surface area contributed by atoms with Crippen molar-refractivity contribution in [2.75, 3.05) is 7.11 Å². The molecule has 19 heavy (non-hydrogen) atoms. The average molecular weight is 259 g/mol. The molecule has 0 aliphatic heterocycles. The molecule has 0 amide bonds.